The van der Waals surface area contributed by atoms with Gasteiger partial charge >= 0.3 is 0 Å². The molecule has 0 fully saturated rings. The van der Waals surface area contributed by atoms with Crippen LogP contribution in [0.1, 0.15) is 27.6 Å². The predicted octanol–water partition coefficient (Wildman–Crippen LogP) is 4.53. The summed E-state index contributed by atoms with van der Waals surface area (Å²) in [7, 11) is -3.66. The van der Waals surface area contributed by atoms with Crippen LogP contribution in [0, 0.1) is 12.7 Å². The zero-order chi connectivity index (χ0) is 18.3. The van der Waals surface area contributed by atoms with Crippen molar-refractivity contribution in [3.8, 4) is 0 Å². The Kier molecular flexibility index (Phi) is 4.42. The highest BCUT2D eigenvalue weighted by Crippen LogP contribution is 2.40. The van der Waals surface area contributed by atoms with Crippen molar-refractivity contribution in [1.82, 2.24) is 4.31 Å². The lowest BCUT2D eigenvalue weighted by Crippen LogP contribution is -2.40. The number of hydrogen-bond donors (Lipinski definition) is 0. The Bertz CT molecular complexity index is 1020. The van der Waals surface area contributed by atoms with E-state index < -0.39 is 16.1 Å². The lowest BCUT2D eigenvalue weighted by molar-refractivity contribution is 0.346. The van der Waals surface area contributed by atoms with Crippen molar-refractivity contribution < 1.29 is 12.8 Å². The number of fused-ring (bicyclic) bond motifs is 1. The standard InChI is InChI=1S/C20H18FNO2S2/c1-14-2-8-17(9-3-14)26(23,24)22-12-10-19-18(11-13-25-19)20(22)15-4-6-16(21)7-5-15/h2-9,11,13,20H,10,12H2,1H3. The molecule has 1 aliphatic rings. The second-order valence-electron chi connectivity index (χ2n) is 6.43. The zero-order valence-corrected chi connectivity index (χ0v) is 15.9. The summed E-state index contributed by atoms with van der Waals surface area (Å²) in [5.74, 6) is -0.331. The molecule has 0 amide bonds. The number of sulfonamides is 1. The fraction of sp³-hybridized carbons (Fsp3) is 0.200. The summed E-state index contributed by atoms with van der Waals surface area (Å²) < 4.78 is 41.6. The molecule has 3 nitrogen and oxygen atoms in total. The summed E-state index contributed by atoms with van der Waals surface area (Å²) in [6, 6.07) is 14.6. The molecule has 26 heavy (non-hydrogen) atoms. The quantitative estimate of drug-likeness (QED) is 0.662. The number of thiophene rings is 1. The van der Waals surface area contributed by atoms with Crippen molar-refractivity contribution in [2.24, 2.45) is 0 Å². The van der Waals surface area contributed by atoms with E-state index in [1.54, 1.807) is 52.0 Å². The third-order valence-electron chi connectivity index (χ3n) is 4.74. The van der Waals surface area contributed by atoms with Crippen molar-refractivity contribution in [3.05, 3.63) is 87.4 Å². The van der Waals surface area contributed by atoms with Gasteiger partial charge in [-0.15, -0.1) is 11.3 Å². The van der Waals surface area contributed by atoms with Gasteiger partial charge in [-0.05, 0) is 60.2 Å². The Balaban J connectivity index is 1.83. The van der Waals surface area contributed by atoms with Gasteiger partial charge in [-0.2, -0.15) is 4.31 Å². The number of nitrogens with zero attached hydrogens (tertiary/aromatic N) is 1. The maximum Gasteiger partial charge on any atom is 0.243 e. The Labute approximate surface area is 156 Å². The Morgan fingerprint density at radius 2 is 1.73 bits per heavy atom. The number of rotatable bonds is 3. The fourth-order valence-electron chi connectivity index (χ4n) is 3.39. The molecule has 0 radical (unpaired) electrons. The zero-order valence-electron chi connectivity index (χ0n) is 14.2. The van der Waals surface area contributed by atoms with E-state index in [0.717, 1.165) is 16.7 Å². The van der Waals surface area contributed by atoms with Crippen LogP contribution in [0.4, 0.5) is 4.39 Å². The Morgan fingerprint density at radius 1 is 1.04 bits per heavy atom. The largest absolute Gasteiger partial charge is 0.243 e. The fourth-order valence-corrected chi connectivity index (χ4v) is 5.89. The molecular weight excluding hydrogens is 369 g/mol. The number of hydrogen-bond acceptors (Lipinski definition) is 3. The van der Waals surface area contributed by atoms with Gasteiger partial charge in [0.2, 0.25) is 10.0 Å². The normalized spacial score (nSPS) is 17.8. The summed E-state index contributed by atoms with van der Waals surface area (Å²) >= 11 is 1.64. The minimum absolute atomic E-state index is 0.286. The molecule has 2 heterocycles. The first-order valence-electron chi connectivity index (χ1n) is 8.37. The van der Waals surface area contributed by atoms with E-state index in [0.29, 0.717) is 13.0 Å². The molecule has 0 aliphatic carbocycles. The first kappa shape index (κ1) is 17.4. The van der Waals surface area contributed by atoms with Crippen LogP contribution in [0.2, 0.25) is 0 Å². The molecule has 1 aromatic heterocycles. The lowest BCUT2D eigenvalue weighted by Gasteiger charge is -2.35. The monoisotopic (exact) mass is 387 g/mol. The molecule has 3 aromatic rings. The number of aryl methyl sites for hydroxylation is 1. The molecular formula is C20H18FNO2S2. The van der Waals surface area contributed by atoms with Gasteiger partial charge in [0.1, 0.15) is 5.82 Å². The molecule has 0 saturated heterocycles. The maximum atomic E-state index is 13.4. The van der Waals surface area contributed by atoms with Crippen LogP contribution in [0.15, 0.2) is 64.9 Å². The molecule has 0 spiro atoms. The molecule has 1 unspecified atom stereocenters. The Morgan fingerprint density at radius 3 is 2.42 bits per heavy atom. The first-order valence-corrected chi connectivity index (χ1v) is 10.7. The van der Waals surface area contributed by atoms with E-state index in [9.17, 15) is 12.8 Å². The predicted molar refractivity (Wildman–Crippen MR) is 101 cm³/mol. The van der Waals surface area contributed by atoms with Gasteiger partial charge in [-0.1, -0.05) is 29.8 Å². The number of benzene rings is 2. The SMILES string of the molecule is Cc1ccc(S(=O)(=O)N2CCc3sccc3C2c2ccc(F)cc2)cc1. The van der Waals surface area contributed by atoms with Crippen LogP contribution in [0.25, 0.3) is 0 Å². The average molecular weight is 388 g/mol. The minimum Gasteiger partial charge on any atom is -0.207 e. The summed E-state index contributed by atoms with van der Waals surface area (Å²) in [6.45, 7) is 2.34. The molecule has 0 saturated carbocycles. The van der Waals surface area contributed by atoms with Gasteiger partial charge < -0.3 is 0 Å². The molecule has 6 heteroatoms. The molecule has 2 aromatic carbocycles. The highest BCUT2D eigenvalue weighted by molar-refractivity contribution is 7.89. The third-order valence-corrected chi connectivity index (χ3v) is 7.61. The van der Waals surface area contributed by atoms with Gasteiger partial charge in [0.05, 0.1) is 10.9 Å². The van der Waals surface area contributed by atoms with Gasteiger partial charge in [-0.3, -0.25) is 0 Å². The topological polar surface area (TPSA) is 37.4 Å². The van der Waals surface area contributed by atoms with Gasteiger partial charge in [0, 0.05) is 11.4 Å². The van der Waals surface area contributed by atoms with Crippen LogP contribution < -0.4 is 0 Å². The van der Waals surface area contributed by atoms with Crippen molar-refractivity contribution in [1.29, 1.82) is 0 Å². The number of halogens is 1. The summed E-state index contributed by atoms with van der Waals surface area (Å²) in [6.07, 6.45) is 0.690. The van der Waals surface area contributed by atoms with Crippen LogP contribution in [-0.2, 0) is 16.4 Å². The van der Waals surface area contributed by atoms with E-state index in [1.807, 2.05) is 18.4 Å². The summed E-state index contributed by atoms with van der Waals surface area (Å²) in [5, 5.41) is 1.99. The summed E-state index contributed by atoms with van der Waals surface area (Å²) in [5.41, 5.74) is 2.78. The molecule has 1 aliphatic heterocycles. The van der Waals surface area contributed by atoms with Crippen LogP contribution in [0.5, 0.6) is 0 Å². The van der Waals surface area contributed by atoms with Crippen molar-refractivity contribution in [2.45, 2.75) is 24.3 Å². The lowest BCUT2D eigenvalue weighted by atomic mass is 9.95. The molecule has 134 valence electrons. The van der Waals surface area contributed by atoms with Gasteiger partial charge in [0.25, 0.3) is 0 Å². The minimum atomic E-state index is -3.66. The van der Waals surface area contributed by atoms with Gasteiger partial charge in [-0.25, -0.2) is 12.8 Å². The highest BCUT2D eigenvalue weighted by Gasteiger charge is 2.37. The van der Waals surface area contributed by atoms with Crippen LogP contribution in [0.3, 0.4) is 0 Å². The smallest absolute Gasteiger partial charge is 0.207 e. The van der Waals surface area contributed by atoms with E-state index in [-0.39, 0.29) is 10.7 Å². The van der Waals surface area contributed by atoms with E-state index in [1.165, 1.54) is 17.0 Å². The van der Waals surface area contributed by atoms with Crippen molar-refractivity contribution in [2.75, 3.05) is 6.54 Å². The molecule has 0 bridgehead atoms. The highest BCUT2D eigenvalue weighted by atomic mass is 32.2. The second-order valence-corrected chi connectivity index (χ2v) is 9.32. The van der Waals surface area contributed by atoms with E-state index in [2.05, 4.69) is 0 Å². The average Bonchev–Trinajstić information content (AvgIpc) is 3.11. The van der Waals surface area contributed by atoms with Crippen molar-refractivity contribution in [3.63, 3.8) is 0 Å². The molecule has 4 rings (SSSR count). The van der Waals surface area contributed by atoms with E-state index >= 15 is 0 Å². The second kappa shape index (κ2) is 6.61. The van der Waals surface area contributed by atoms with Gasteiger partial charge in [0.15, 0.2) is 0 Å². The first-order chi connectivity index (χ1) is 12.5. The van der Waals surface area contributed by atoms with E-state index in [4.69, 9.17) is 0 Å². The van der Waals surface area contributed by atoms with Crippen LogP contribution >= 0.6 is 11.3 Å². The third kappa shape index (κ3) is 2.98. The molecule has 0 N–H and O–H groups in total. The van der Waals surface area contributed by atoms with Crippen molar-refractivity contribution >= 4 is 21.4 Å². The molecule has 1 atom stereocenters. The summed E-state index contributed by atoms with van der Waals surface area (Å²) in [4.78, 5) is 1.48. The van der Waals surface area contributed by atoms with Crippen LogP contribution in [-0.4, -0.2) is 19.3 Å². The maximum absolute atomic E-state index is 13.4. The Hall–Kier alpha value is -2.02.